The molecule has 3 rings (SSSR count). The summed E-state index contributed by atoms with van der Waals surface area (Å²) < 4.78 is 6.00. The summed E-state index contributed by atoms with van der Waals surface area (Å²) in [4.78, 5) is 0. The quantitative estimate of drug-likeness (QED) is 0.907. The first-order valence-corrected chi connectivity index (χ1v) is 8.16. The first kappa shape index (κ1) is 13.9. The molecule has 2 heteroatoms. The Bertz CT molecular complexity index is 445. The zero-order valence-electron chi connectivity index (χ0n) is 12.8. The van der Waals surface area contributed by atoms with Crippen LogP contribution >= 0.6 is 0 Å². The fourth-order valence-electron chi connectivity index (χ4n) is 4.25. The van der Waals surface area contributed by atoms with Gasteiger partial charge in [0.15, 0.2) is 0 Å². The molecule has 20 heavy (non-hydrogen) atoms. The molecule has 4 atom stereocenters. The molecular weight excluding hydrogens is 246 g/mol. The number of fused-ring (bicyclic) bond motifs is 1. The molecule has 2 aliphatic rings. The van der Waals surface area contributed by atoms with Crippen LogP contribution in [-0.4, -0.2) is 19.7 Å². The van der Waals surface area contributed by atoms with Gasteiger partial charge in [-0.15, -0.1) is 0 Å². The lowest BCUT2D eigenvalue weighted by Gasteiger charge is -2.39. The molecule has 1 aromatic carbocycles. The first-order chi connectivity index (χ1) is 9.78. The van der Waals surface area contributed by atoms with Crippen LogP contribution in [0.1, 0.15) is 38.2 Å². The van der Waals surface area contributed by atoms with Crippen LogP contribution in [0.2, 0.25) is 0 Å². The molecule has 0 bridgehead atoms. The minimum absolute atomic E-state index is 0.603. The van der Waals surface area contributed by atoms with E-state index < -0.39 is 0 Å². The normalized spacial score (nSPS) is 31.2. The Morgan fingerprint density at radius 2 is 2.05 bits per heavy atom. The van der Waals surface area contributed by atoms with E-state index in [4.69, 9.17) is 4.74 Å². The Kier molecular flexibility index (Phi) is 4.30. The summed E-state index contributed by atoms with van der Waals surface area (Å²) in [6, 6.07) is 9.12. The zero-order valence-corrected chi connectivity index (χ0v) is 12.8. The molecule has 1 aliphatic carbocycles. The van der Waals surface area contributed by atoms with Gasteiger partial charge in [0.1, 0.15) is 5.75 Å². The van der Waals surface area contributed by atoms with Gasteiger partial charge in [0.2, 0.25) is 0 Å². The molecule has 0 radical (unpaired) electrons. The van der Waals surface area contributed by atoms with E-state index in [0.29, 0.717) is 12.0 Å². The second-order valence-electron chi connectivity index (χ2n) is 6.73. The molecule has 0 saturated heterocycles. The molecule has 4 unspecified atom stereocenters. The molecular formula is C18H27NO. The van der Waals surface area contributed by atoms with Crippen molar-refractivity contribution in [2.45, 2.75) is 45.1 Å². The van der Waals surface area contributed by atoms with Crippen LogP contribution in [0.5, 0.6) is 5.75 Å². The fourth-order valence-corrected chi connectivity index (χ4v) is 4.25. The van der Waals surface area contributed by atoms with E-state index in [-0.39, 0.29) is 0 Å². The van der Waals surface area contributed by atoms with Crippen molar-refractivity contribution in [1.29, 1.82) is 0 Å². The highest BCUT2D eigenvalue weighted by molar-refractivity contribution is 5.35. The summed E-state index contributed by atoms with van der Waals surface area (Å²) in [5, 5.41) is 3.61. The molecule has 110 valence electrons. The Hall–Kier alpha value is -1.02. The number of ether oxygens (including phenoxy) is 1. The van der Waals surface area contributed by atoms with Crippen molar-refractivity contribution in [3.05, 3.63) is 29.8 Å². The Morgan fingerprint density at radius 3 is 2.85 bits per heavy atom. The van der Waals surface area contributed by atoms with Crippen LogP contribution < -0.4 is 10.1 Å². The number of rotatable bonds is 3. The third kappa shape index (κ3) is 2.85. The summed E-state index contributed by atoms with van der Waals surface area (Å²) in [6.07, 6.45) is 6.73. The molecule has 1 heterocycles. The smallest absolute Gasteiger partial charge is 0.122 e. The summed E-state index contributed by atoms with van der Waals surface area (Å²) in [7, 11) is 2.13. The Balaban J connectivity index is 1.71. The third-order valence-electron chi connectivity index (χ3n) is 5.23. The van der Waals surface area contributed by atoms with E-state index in [2.05, 4.69) is 43.6 Å². The van der Waals surface area contributed by atoms with E-state index in [9.17, 15) is 0 Å². The molecule has 2 nitrogen and oxygen atoms in total. The number of benzene rings is 1. The SMILES string of the molecule is CNC(C1COc2ccccc2C1)C1CCCC(C)C1. The van der Waals surface area contributed by atoms with Crippen molar-refractivity contribution < 1.29 is 4.74 Å². The van der Waals surface area contributed by atoms with Crippen LogP contribution in [0.3, 0.4) is 0 Å². The number of nitrogens with one attached hydrogen (secondary N) is 1. The van der Waals surface area contributed by atoms with Gasteiger partial charge in [-0.2, -0.15) is 0 Å². The molecule has 0 aromatic heterocycles. The Morgan fingerprint density at radius 1 is 1.20 bits per heavy atom. The lowest BCUT2D eigenvalue weighted by Crippen LogP contribution is -2.46. The highest BCUT2D eigenvalue weighted by atomic mass is 16.5. The largest absolute Gasteiger partial charge is 0.493 e. The highest BCUT2D eigenvalue weighted by Gasteiger charge is 2.33. The van der Waals surface area contributed by atoms with Crippen molar-refractivity contribution in [3.8, 4) is 5.75 Å². The maximum atomic E-state index is 6.00. The van der Waals surface area contributed by atoms with Gasteiger partial charge in [-0.1, -0.05) is 38.0 Å². The van der Waals surface area contributed by atoms with E-state index in [0.717, 1.165) is 30.6 Å². The monoisotopic (exact) mass is 273 g/mol. The van der Waals surface area contributed by atoms with Gasteiger partial charge in [0.05, 0.1) is 6.61 Å². The van der Waals surface area contributed by atoms with Crippen LogP contribution in [-0.2, 0) is 6.42 Å². The summed E-state index contributed by atoms with van der Waals surface area (Å²) in [6.45, 7) is 3.28. The van der Waals surface area contributed by atoms with Crippen LogP contribution in [0.15, 0.2) is 24.3 Å². The zero-order chi connectivity index (χ0) is 13.9. The van der Waals surface area contributed by atoms with Gasteiger partial charge in [0, 0.05) is 12.0 Å². The fraction of sp³-hybridized carbons (Fsp3) is 0.667. The van der Waals surface area contributed by atoms with Gasteiger partial charge in [-0.3, -0.25) is 0 Å². The average molecular weight is 273 g/mol. The topological polar surface area (TPSA) is 21.3 Å². The predicted molar refractivity (Wildman–Crippen MR) is 83.1 cm³/mol. The van der Waals surface area contributed by atoms with E-state index in [1.165, 1.54) is 31.2 Å². The minimum atomic E-state index is 0.603. The molecule has 1 saturated carbocycles. The lowest BCUT2D eigenvalue weighted by atomic mass is 9.73. The molecule has 1 fully saturated rings. The van der Waals surface area contributed by atoms with E-state index in [1.54, 1.807) is 0 Å². The van der Waals surface area contributed by atoms with Crippen LogP contribution in [0, 0.1) is 17.8 Å². The first-order valence-electron chi connectivity index (χ1n) is 8.16. The average Bonchev–Trinajstić information content (AvgIpc) is 2.48. The summed E-state index contributed by atoms with van der Waals surface area (Å²) in [5.41, 5.74) is 1.38. The molecule has 0 amide bonds. The second kappa shape index (κ2) is 6.17. The van der Waals surface area contributed by atoms with Gasteiger partial charge in [-0.05, 0) is 49.8 Å². The lowest BCUT2D eigenvalue weighted by molar-refractivity contribution is 0.127. The second-order valence-corrected chi connectivity index (χ2v) is 6.73. The maximum absolute atomic E-state index is 6.00. The molecule has 1 aliphatic heterocycles. The van der Waals surface area contributed by atoms with Crippen molar-refractivity contribution in [2.75, 3.05) is 13.7 Å². The minimum Gasteiger partial charge on any atom is -0.493 e. The van der Waals surface area contributed by atoms with Crippen molar-refractivity contribution in [3.63, 3.8) is 0 Å². The van der Waals surface area contributed by atoms with Gasteiger partial charge >= 0.3 is 0 Å². The predicted octanol–water partition coefficient (Wildman–Crippen LogP) is 3.65. The maximum Gasteiger partial charge on any atom is 0.122 e. The van der Waals surface area contributed by atoms with Gasteiger partial charge in [-0.25, -0.2) is 0 Å². The van der Waals surface area contributed by atoms with Crippen molar-refractivity contribution in [2.24, 2.45) is 17.8 Å². The van der Waals surface area contributed by atoms with E-state index in [1.807, 2.05) is 0 Å². The van der Waals surface area contributed by atoms with Crippen LogP contribution in [0.4, 0.5) is 0 Å². The number of hydrogen-bond donors (Lipinski definition) is 1. The standard InChI is InChI=1S/C18H27NO/c1-13-6-5-8-15(10-13)18(19-2)16-11-14-7-3-4-9-17(14)20-12-16/h3-4,7,9,13,15-16,18-19H,5-6,8,10-12H2,1-2H3. The third-order valence-corrected chi connectivity index (χ3v) is 5.23. The van der Waals surface area contributed by atoms with Gasteiger partial charge in [0.25, 0.3) is 0 Å². The Labute approximate surface area is 122 Å². The molecule has 1 aromatic rings. The van der Waals surface area contributed by atoms with E-state index >= 15 is 0 Å². The van der Waals surface area contributed by atoms with Crippen molar-refractivity contribution >= 4 is 0 Å². The number of para-hydroxylation sites is 1. The number of hydrogen-bond acceptors (Lipinski definition) is 2. The highest BCUT2D eigenvalue weighted by Crippen LogP contribution is 2.36. The van der Waals surface area contributed by atoms with Gasteiger partial charge < -0.3 is 10.1 Å². The van der Waals surface area contributed by atoms with Crippen LogP contribution in [0.25, 0.3) is 0 Å². The molecule has 0 spiro atoms. The summed E-state index contributed by atoms with van der Waals surface area (Å²) >= 11 is 0. The van der Waals surface area contributed by atoms with Crippen molar-refractivity contribution in [1.82, 2.24) is 5.32 Å². The summed E-state index contributed by atoms with van der Waals surface area (Å²) in [5.74, 6) is 3.42. The molecule has 1 N–H and O–H groups in total.